The molecule has 1 fully saturated rings. The van der Waals surface area contributed by atoms with Crippen LogP contribution in [-0.4, -0.2) is 59.4 Å². The maximum absolute atomic E-state index is 13.7. The van der Waals surface area contributed by atoms with Gasteiger partial charge in [-0.3, -0.25) is 19.5 Å². The van der Waals surface area contributed by atoms with Crippen LogP contribution in [0.25, 0.3) is 0 Å². The number of ether oxygens (including phenoxy) is 1. The molecule has 0 radical (unpaired) electrons. The van der Waals surface area contributed by atoms with Gasteiger partial charge in [0.05, 0.1) is 18.8 Å². The largest absolute Gasteiger partial charge is 0.382 e. The minimum atomic E-state index is -0.764. The molecule has 0 unspecified atom stereocenters. The first-order valence-corrected chi connectivity index (χ1v) is 9.41. The summed E-state index contributed by atoms with van der Waals surface area (Å²) in [5, 5.41) is 2.70. The second kappa shape index (κ2) is 8.98. The van der Waals surface area contributed by atoms with Gasteiger partial charge in [0.2, 0.25) is 0 Å². The van der Waals surface area contributed by atoms with E-state index in [4.69, 9.17) is 10.5 Å². The number of thioether (sulfide) groups is 1. The number of nitrogens with zero attached hydrogens (tertiary/aromatic N) is 2. The fourth-order valence-corrected chi connectivity index (χ4v) is 3.45. The third-order valence-corrected chi connectivity index (χ3v) is 4.89. The van der Waals surface area contributed by atoms with Crippen molar-refractivity contribution in [3.05, 3.63) is 46.0 Å². The molecule has 144 valence electrons. The lowest BCUT2D eigenvalue weighted by Crippen LogP contribution is -2.37. The number of morpholine rings is 1. The minimum absolute atomic E-state index is 0.114. The highest BCUT2D eigenvalue weighted by atomic mass is 32.2. The summed E-state index contributed by atoms with van der Waals surface area (Å²) in [6.45, 7) is 4.05. The summed E-state index contributed by atoms with van der Waals surface area (Å²) in [6, 6.07) is 5.48. The Hall–Kier alpha value is -2.43. The van der Waals surface area contributed by atoms with E-state index in [-0.39, 0.29) is 17.1 Å². The van der Waals surface area contributed by atoms with E-state index in [9.17, 15) is 14.0 Å². The third-order valence-electron chi connectivity index (χ3n) is 4.03. The van der Waals surface area contributed by atoms with E-state index in [1.54, 1.807) is 0 Å². The lowest BCUT2D eigenvalue weighted by atomic mass is 10.2. The van der Waals surface area contributed by atoms with Gasteiger partial charge < -0.3 is 15.8 Å². The summed E-state index contributed by atoms with van der Waals surface area (Å²) >= 11 is 1.37. The van der Waals surface area contributed by atoms with Crippen LogP contribution in [0, 0.1) is 5.82 Å². The SMILES string of the molecule is Nc1nc(SCCN2CCOCC2)[nH]c(=O)c1NC(=O)c1ccccc1F. The highest BCUT2D eigenvalue weighted by Gasteiger charge is 2.17. The number of halogens is 1. The molecule has 8 nitrogen and oxygen atoms in total. The Morgan fingerprint density at radius 2 is 2.11 bits per heavy atom. The monoisotopic (exact) mass is 393 g/mol. The number of benzene rings is 1. The second-order valence-electron chi connectivity index (χ2n) is 5.87. The van der Waals surface area contributed by atoms with Crippen molar-refractivity contribution in [2.75, 3.05) is 49.7 Å². The van der Waals surface area contributed by atoms with Crippen molar-refractivity contribution in [2.24, 2.45) is 0 Å². The van der Waals surface area contributed by atoms with Gasteiger partial charge in [-0.15, -0.1) is 0 Å². The molecule has 1 aromatic heterocycles. The van der Waals surface area contributed by atoms with Gasteiger partial charge in [-0.05, 0) is 12.1 Å². The zero-order valence-electron chi connectivity index (χ0n) is 14.5. The third kappa shape index (κ3) is 5.06. The number of anilines is 2. The minimum Gasteiger partial charge on any atom is -0.382 e. The first kappa shape index (κ1) is 19.3. The lowest BCUT2D eigenvalue weighted by Gasteiger charge is -2.26. The molecule has 1 aromatic carbocycles. The molecule has 3 rings (SSSR count). The van der Waals surface area contributed by atoms with E-state index in [0.29, 0.717) is 5.16 Å². The van der Waals surface area contributed by atoms with E-state index in [1.165, 1.54) is 30.0 Å². The van der Waals surface area contributed by atoms with Crippen molar-refractivity contribution in [2.45, 2.75) is 5.16 Å². The summed E-state index contributed by atoms with van der Waals surface area (Å²) in [5.74, 6) is -0.839. The number of carbonyl (C=O) groups is 1. The number of nitrogens with one attached hydrogen (secondary N) is 2. The Bertz CT molecular complexity index is 870. The Morgan fingerprint density at radius 1 is 1.37 bits per heavy atom. The molecule has 2 heterocycles. The summed E-state index contributed by atoms with van der Waals surface area (Å²) in [6.07, 6.45) is 0. The zero-order valence-corrected chi connectivity index (χ0v) is 15.4. The Labute approximate surface area is 159 Å². The smallest absolute Gasteiger partial charge is 0.277 e. The van der Waals surface area contributed by atoms with Crippen LogP contribution < -0.4 is 16.6 Å². The van der Waals surface area contributed by atoms with Crippen LogP contribution in [0.2, 0.25) is 0 Å². The number of aromatic amines is 1. The lowest BCUT2D eigenvalue weighted by molar-refractivity contribution is 0.0410. The van der Waals surface area contributed by atoms with E-state index in [2.05, 4.69) is 20.2 Å². The molecule has 0 aliphatic carbocycles. The van der Waals surface area contributed by atoms with Crippen molar-refractivity contribution < 1.29 is 13.9 Å². The predicted molar refractivity (Wildman–Crippen MR) is 102 cm³/mol. The molecular weight excluding hydrogens is 373 g/mol. The van der Waals surface area contributed by atoms with Crippen molar-refractivity contribution >= 4 is 29.2 Å². The van der Waals surface area contributed by atoms with Crippen LogP contribution >= 0.6 is 11.8 Å². The topological polar surface area (TPSA) is 113 Å². The molecule has 2 aromatic rings. The standard InChI is InChI=1S/C17H20FN5O3S/c18-12-4-2-1-3-11(12)15(24)20-13-14(19)21-17(22-16(13)25)27-10-7-23-5-8-26-9-6-23/h1-4H,5-10H2,(H,20,24)(H3,19,21,22,25). The molecule has 27 heavy (non-hydrogen) atoms. The van der Waals surface area contributed by atoms with Crippen molar-refractivity contribution in [3.8, 4) is 0 Å². The van der Waals surface area contributed by atoms with Crippen LogP contribution in [0.5, 0.6) is 0 Å². The summed E-state index contributed by atoms with van der Waals surface area (Å²) < 4.78 is 19.0. The number of nitrogen functional groups attached to an aromatic ring is 1. The Kier molecular flexibility index (Phi) is 6.43. The first-order valence-electron chi connectivity index (χ1n) is 8.43. The van der Waals surface area contributed by atoms with Crippen molar-refractivity contribution in [1.82, 2.24) is 14.9 Å². The zero-order chi connectivity index (χ0) is 19.2. The quantitative estimate of drug-likeness (QED) is 0.499. The number of hydrogen-bond donors (Lipinski definition) is 3. The fourth-order valence-electron chi connectivity index (χ4n) is 2.58. The highest BCUT2D eigenvalue weighted by molar-refractivity contribution is 7.99. The number of H-pyrrole nitrogens is 1. The number of nitrogens with two attached hydrogens (primary N) is 1. The molecular formula is C17H20FN5O3S. The highest BCUT2D eigenvalue weighted by Crippen LogP contribution is 2.18. The number of amides is 1. The van der Waals surface area contributed by atoms with Crippen LogP contribution in [-0.2, 0) is 4.74 Å². The average Bonchev–Trinajstić information content (AvgIpc) is 2.66. The molecule has 0 bridgehead atoms. The maximum atomic E-state index is 13.7. The number of aromatic nitrogens is 2. The van der Waals surface area contributed by atoms with E-state index in [1.807, 2.05) is 0 Å². The number of carbonyl (C=O) groups excluding carboxylic acids is 1. The van der Waals surface area contributed by atoms with Gasteiger partial charge in [-0.2, -0.15) is 0 Å². The Balaban J connectivity index is 1.63. The normalized spacial score (nSPS) is 14.9. The summed E-state index contributed by atoms with van der Waals surface area (Å²) in [4.78, 5) is 33.4. The average molecular weight is 393 g/mol. The molecule has 0 saturated carbocycles. The molecule has 0 spiro atoms. The Morgan fingerprint density at radius 3 is 2.81 bits per heavy atom. The molecule has 10 heteroatoms. The van der Waals surface area contributed by atoms with Gasteiger partial charge in [0.1, 0.15) is 11.5 Å². The van der Waals surface area contributed by atoms with E-state index < -0.39 is 17.3 Å². The molecule has 1 aliphatic heterocycles. The van der Waals surface area contributed by atoms with Gasteiger partial charge in [0.15, 0.2) is 11.0 Å². The molecule has 1 amide bonds. The van der Waals surface area contributed by atoms with Crippen molar-refractivity contribution in [1.29, 1.82) is 0 Å². The van der Waals surface area contributed by atoms with Gasteiger partial charge in [-0.25, -0.2) is 9.37 Å². The number of hydrogen-bond acceptors (Lipinski definition) is 7. The first-order chi connectivity index (χ1) is 13.0. The van der Waals surface area contributed by atoms with E-state index >= 15 is 0 Å². The summed E-state index contributed by atoms with van der Waals surface area (Å²) in [5.41, 5.74) is 4.86. The maximum Gasteiger partial charge on any atom is 0.277 e. The van der Waals surface area contributed by atoms with Crippen LogP contribution in [0.4, 0.5) is 15.9 Å². The van der Waals surface area contributed by atoms with Gasteiger partial charge in [-0.1, -0.05) is 23.9 Å². The van der Waals surface area contributed by atoms with Gasteiger partial charge >= 0.3 is 0 Å². The van der Waals surface area contributed by atoms with Crippen molar-refractivity contribution in [3.63, 3.8) is 0 Å². The fraction of sp³-hybridized carbons (Fsp3) is 0.353. The van der Waals surface area contributed by atoms with Gasteiger partial charge in [0.25, 0.3) is 11.5 Å². The van der Waals surface area contributed by atoms with Crippen LogP contribution in [0.3, 0.4) is 0 Å². The molecule has 1 saturated heterocycles. The van der Waals surface area contributed by atoms with Crippen LogP contribution in [0.15, 0.2) is 34.2 Å². The molecule has 0 atom stereocenters. The second-order valence-corrected chi connectivity index (χ2v) is 6.95. The van der Waals surface area contributed by atoms with Gasteiger partial charge in [0, 0.05) is 25.4 Å². The van der Waals surface area contributed by atoms with E-state index in [0.717, 1.165) is 44.7 Å². The summed E-state index contributed by atoms with van der Waals surface area (Å²) in [7, 11) is 0. The molecule has 1 aliphatic rings. The number of rotatable bonds is 6. The molecule has 4 N–H and O–H groups in total. The predicted octanol–water partition coefficient (Wildman–Crippen LogP) is 1.17. The van der Waals surface area contributed by atoms with Crippen LogP contribution in [0.1, 0.15) is 10.4 Å².